The van der Waals surface area contributed by atoms with Crippen LogP contribution in [0, 0.1) is 13.8 Å². The Bertz CT molecular complexity index is 778. The molecule has 2 atom stereocenters. The van der Waals surface area contributed by atoms with Crippen LogP contribution in [-0.4, -0.2) is 60.2 Å². The molecule has 0 saturated carbocycles. The predicted octanol–water partition coefficient (Wildman–Crippen LogP) is 2.18. The number of aryl methyl sites for hydroxylation is 1. The molecule has 0 aliphatic carbocycles. The lowest BCUT2D eigenvalue weighted by atomic mass is 9.92. The van der Waals surface area contributed by atoms with E-state index in [0.717, 1.165) is 28.9 Å². The monoisotopic (exact) mass is 331 g/mol. The molecule has 3 rings (SSSR count). The van der Waals surface area contributed by atoms with Crippen LogP contribution in [0.25, 0.3) is 11.0 Å². The molecule has 0 fully saturated rings. The van der Waals surface area contributed by atoms with E-state index in [4.69, 9.17) is 10.5 Å². The SMILES string of the molecule is Cc1c2c(c3c(nc(N)n3CN(C)C)c1C)C(C)C(CN(C)C)O2. The van der Waals surface area contributed by atoms with E-state index in [-0.39, 0.29) is 6.10 Å². The third-order valence-electron chi connectivity index (χ3n) is 5.01. The molecule has 2 N–H and O–H groups in total. The van der Waals surface area contributed by atoms with E-state index >= 15 is 0 Å². The van der Waals surface area contributed by atoms with Crippen LogP contribution in [0.4, 0.5) is 5.95 Å². The molecule has 1 aliphatic heterocycles. The van der Waals surface area contributed by atoms with Gasteiger partial charge < -0.3 is 15.4 Å². The molecule has 6 heteroatoms. The number of benzene rings is 1. The molecule has 0 saturated heterocycles. The molecule has 6 nitrogen and oxygen atoms in total. The fourth-order valence-corrected chi connectivity index (χ4v) is 3.66. The van der Waals surface area contributed by atoms with Gasteiger partial charge in [0.25, 0.3) is 0 Å². The Morgan fingerprint density at radius 1 is 1.12 bits per heavy atom. The first-order chi connectivity index (χ1) is 11.2. The van der Waals surface area contributed by atoms with Gasteiger partial charge >= 0.3 is 0 Å². The van der Waals surface area contributed by atoms with Gasteiger partial charge in [0.1, 0.15) is 11.9 Å². The number of nitrogens with two attached hydrogens (primary N) is 1. The third-order valence-corrected chi connectivity index (χ3v) is 5.01. The van der Waals surface area contributed by atoms with Gasteiger partial charge in [0.05, 0.1) is 17.7 Å². The van der Waals surface area contributed by atoms with Crippen molar-refractivity contribution in [2.75, 3.05) is 40.5 Å². The number of hydrogen-bond donors (Lipinski definition) is 1. The van der Waals surface area contributed by atoms with Crippen molar-refractivity contribution >= 4 is 17.0 Å². The van der Waals surface area contributed by atoms with Gasteiger partial charge in [0, 0.05) is 18.0 Å². The second-order valence-corrected chi connectivity index (χ2v) is 7.52. The number of rotatable bonds is 4. The van der Waals surface area contributed by atoms with Crippen molar-refractivity contribution in [1.82, 2.24) is 19.4 Å². The van der Waals surface area contributed by atoms with Gasteiger partial charge in [-0.15, -0.1) is 0 Å². The fourth-order valence-electron chi connectivity index (χ4n) is 3.66. The first-order valence-electron chi connectivity index (χ1n) is 8.47. The highest BCUT2D eigenvalue weighted by atomic mass is 16.5. The second kappa shape index (κ2) is 5.93. The van der Waals surface area contributed by atoms with Gasteiger partial charge in [-0.1, -0.05) is 6.92 Å². The zero-order valence-electron chi connectivity index (χ0n) is 15.8. The molecule has 1 aliphatic rings. The summed E-state index contributed by atoms with van der Waals surface area (Å²) in [6, 6.07) is 0. The van der Waals surface area contributed by atoms with Crippen molar-refractivity contribution < 1.29 is 4.74 Å². The van der Waals surface area contributed by atoms with E-state index in [1.807, 2.05) is 14.1 Å². The number of ether oxygens (including phenoxy) is 1. The molecule has 0 spiro atoms. The number of imidazole rings is 1. The standard InChI is InChI=1S/C18H29N5O/c1-10-11(2)17-14(12(3)13(24-17)8-21(4)5)16-15(10)20-18(19)23(16)9-22(6)7/h12-13H,8-9H2,1-7H3,(H2,19,20). The van der Waals surface area contributed by atoms with E-state index in [1.165, 1.54) is 11.1 Å². The van der Waals surface area contributed by atoms with Crippen LogP contribution in [0.5, 0.6) is 5.75 Å². The topological polar surface area (TPSA) is 59.5 Å². The van der Waals surface area contributed by atoms with Gasteiger partial charge in [-0.25, -0.2) is 4.98 Å². The second-order valence-electron chi connectivity index (χ2n) is 7.52. The largest absolute Gasteiger partial charge is 0.488 e. The minimum absolute atomic E-state index is 0.155. The smallest absolute Gasteiger partial charge is 0.202 e. The highest BCUT2D eigenvalue weighted by Gasteiger charge is 2.37. The summed E-state index contributed by atoms with van der Waals surface area (Å²) in [6.07, 6.45) is 0.155. The summed E-state index contributed by atoms with van der Waals surface area (Å²) in [7, 11) is 8.25. The number of aromatic nitrogens is 2. The summed E-state index contributed by atoms with van der Waals surface area (Å²) in [5, 5.41) is 0. The lowest BCUT2D eigenvalue weighted by Gasteiger charge is -2.20. The Balaban J connectivity index is 2.25. The van der Waals surface area contributed by atoms with Crippen molar-refractivity contribution in [3.8, 4) is 5.75 Å². The quantitative estimate of drug-likeness (QED) is 0.930. The number of nitrogen functional groups attached to an aromatic ring is 1. The van der Waals surface area contributed by atoms with Crippen LogP contribution in [0.2, 0.25) is 0 Å². The van der Waals surface area contributed by atoms with Gasteiger partial charge in [-0.05, 0) is 53.2 Å². The first-order valence-corrected chi connectivity index (χ1v) is 8.47. The number of fused-ring (bicyclic) bond motifs is 3. The molecule has 1 aromatic heterocycles. The highest BCUT2D eigenvalue weighted by molar-refractivity contribution is 5.90. The van der Waals surface area contributed by atoms with Gasteiger partial charge in [-0.3, -0.25) is 9.47 Å². The van der Waals surface area contributed by atoms with Crippen LogP contribution < -0.4 is 10.5 Å². The Hall–Kier alpha value is -1.79. The summed E-state index contributed by atoms with van der Waals surface area (Å²) in [6.45, 7) is 8.09. The Morgan fingerprint density at radius 2 is 1.79 bits per heavy atom. The maximum absolute atomic E-state index is 6.38. The fraction of sp³-hybridized carbons (Fsp3) is 0.611. The van der Waals surface area contributed by atoms with E-state index in [0.29, 0.717) is 18.5 Å². The summed E-state index contributed by atoms with van der Waals surface area (Å²) < 4.78 is 8.49. The summed E-state index contributed by atoms with van der Waals surface area (Å²) in [5.41, 5.74) is 12.0. The molecule has 2 aromatic rings. The van der Waals surface area contributed by atoms with E-state index < -0.39 is 0 Å². The van der Waals surface area contributed by atoms with Crippen LogP contribution in [0.15, 0.2) is 0 Å². The first kappa shape index (κ1) is 17.0. The lowest BCUT2D eigenvalue weighted by molar-refractivity contribution is 0.165. The van der Waals surface area contributed by atoms with Crippen LogP contribution >= 0.6 is 0 Å². The number of anilines is 1. The average Bonchev–Trinajstić information content (AvgIpc) is 2.95. The number of hydrogen-bond acceptors (Lipinski definition) is 5. The van der Waals surface area contributed by atoms with Gasteiger partial charge in [-0.2, -0.15) is 0 Å². The van der Waals surface area contributed by atoms with E-state index in [1.54, 1.807) is 0 Å². The third kappa shape index (κ3) is 2.54. The molecule has 2 unspecified atom stereocenters. The minimum atomic E-state index is 0.155. The van der Waals surface area contributed by atoms with Crippen molar-refractivity contribution in [2.24, 2.45) is 0 Å². The molecular formula is C18H29N5O. The molecule has 1 aromatic carbocycles. The van der Waals surface area contributed by atoms with Crippen LogP contribution in [0.3, 0.4) is 0 Å². The summed E-state index contributed by atoms with van der Waals surface area (Å²) in [5.74, 6) is 1.90. The van der Waals surface area contributed by atoms with Crippen molar-refractivity contribution in [3.63, 3.8) is 0 Å². The maximum Gasteiger partial charge on any atom is 0.202 e. The van der Waals surface area contributed by atoms with Crippen molar-refractivity contribution in [3.05, 3.63) is 16.7 Å². The predicted molar refractivity (Wildman–Crippen MR) is 98.7 cm³/mol. The zero-order valence-corrected chi connectivity index (χ0v) is 15.8. The zero-order chi connectivity index (χ0) is 17.8. The molecule has 0 bridgehead atoms. The normalized spacial score (nSPS) is 20.2. The van der Waals surface area contributed by atoms with Crippen molar-refractivity contribution in [1.29, 1.82) is 0 Å². The van der Waals surface area contributed by atoms with Crippen LogP contribution in [0.1, 0.15) is 29.5 Å². The summed E-state index contributed by atoms with van der Waals surface area (Å²) in [4.78, 5) is 8.96. The molecular weight excluding hydrogens is 302 g/mol. The number of nitrogens with zero attached hydrogens (tertiary/aromatic N) is 4. The molecule has 0 amide bonds. The van der Waals surface area contributed by atoms with Gasteiger partial charge in [0.15, 0.2) is 0 Å². The van der Waals surface area contributed by atoms with Gasteiger partial charge in [0.2, 0.25) is 5.95 Å². The Labute approximate surface area is 144 Å². The highest BCUT2D eigenvalue weighted by Crippen LogP contribution is 2.47. The summed E-state index contributed by atoms with van der Waals surface area (Å²) >= 11 is 0. The molecule has 24 heavy (non-hydrogen) atoms. The Kier molecular flexibility index (Phi) is 4.21. The molecule has 132 valence electrons. The van der Waals surface area contributed by atoms with E-state index in [9.17, 15) is 0 Å². The maximum atomic E-state index is 6.38. The van der Waals surface area contributed by atoms with Crippen molar-refractivity contribution in [2.45, 2.75) is 39.5 Å². The number of likely N-dealkylation sites (N-methyl/N-ethyl adjacent to an activating group) is 1. The lowest BCUT2D eigenvalue weighted by Crippen LogP contribution is -2.31. The molecule has 0 radical (unpaired) electrons. The average molecular weight is 331 g/mol. The molecule has 2 heterocycles. The van der Waals surface area contributed by atoms with E-state index in [2.05, 4.69) is 54.2 Å². The van der Waals surface area contributed by atoms with Crippen LogP contribution in [-0.2, 0) is 6.67 Å². The Morgan fingerprint density at radius 3 is 2.38 bits per heavy atom. The minimum Gasteiger partial charge on any atom is -0.488 e.